The number of hydrogen-bond acceptors (Lipinski definition) is 8. The lowest BCUT2D eigenvalue weighted by molar-refractivity contribution is -0.302. The fourth-order valence-electron chi connectivity index (χ4n) is 4.22. The third kappa shape index (κ3) is 17.5. The Kier molecular flexibility index (Phi) is 22.5. The Labute approximate surface area is 258 Å². The Bertz CT molecular complexity index is 895. The first-order valence-electron chi connectivity index (χ1n) is 15.7. The summed E-state index contributed by atoms with van der Waals surface area (Å²) in [6.07, 6.45) is 24.5. The molecule has 0 aromatic heterocycles. The molecule has 0 spiro atoms. The van der Waals surface area contributed by atoms with Gasteiger partial charge >= 0.3 is 0 Å². The molecule has 6 N–H and O–H groups in total. The lowest BCUT2D eigenvalue weighted by Gasteiger charge is -2.40. The number of aliphatic hydroxyl groups excluding tert-OH is 5. The molecule has 7 unspecified atom stereocenters. The topological polar surface area (TPSA) is 149 Å². The van der Waals surface area contributed by atoms with Gasteiger partial charge in [-0.15, -0.1) is 0 Å². The number of unbranched alkanes of at least 4 members (excludes halogenated alkanes) is 3. The van der Waals surface area contributed by atoms with Crippen LogP contribution in [-0.4, -0.2) is 87.5 Å². The fourth-order valence-corrected chi connectivity index (χ4v) is 4.22. The molecule has 0 radical (unpaired) electrons. The van der Waals surface area contributed by atoms with Crippen LogP contribution in [0.25, 0.3) is 0 Å². The molecule has 1 aliphatic heterocycles. The molecular formula is C34H55NO8. The van der Waals surface area contributed by atoms with Crippen LogP contribution in [0, 0.1) is 0 Å². The van der Waals surface area contributed by atoms with Crippen LogP contribution in [0.4, 0.5) is 0 Å². The van der Waals surface area contributed by atoms with Crippen molar-refractivity contribution in [1.29, 1.82) is 0 Å². The molecule has 244 valence electrons. The molecule has 7 atom stereocenters. The van der Waals surface area contributed by atoms with Gasteiger partial charge in [-0.1, -0.05) is 99.6 Å². The van der Waals surface area contributed by atoms with E-state index in [4.69, 9.17) is 9.47 Å². The van der Waals surface area contributed by atoms with E-state index in [1.54, 1.807) is 12.2 Å². The van der Waals surface area contributed by atoms with Crippen LogP contribution in [0.5, 0.6) is 0 Å². The van der Waals surface area contributed by atoms with Crippen molar-refractivity contribution in [2.75, 3.05) is 13.2 Å². The molecule has 0 aromatic rings. The van der Waals surface area contributed by atoms with Crippen molar-refractivity contribution < 1.29 is 39.8 Å². The first-order chi connectivity index (χ1) is 20.8. The number of hydrogen-bond donors (Lipinski definition) is 6. The van der Waals surface area contributed by atoms with Gasteiger partial charge in [0.2, 0.25) is 5.91 Å². The second-order valence-electron chi connectivity index (χ2n) is 10.5. The summed E-state index contributed by atoms with van der Waals surface area (Å²) < 4.78 is 11.0. The Morgan fingerprint density at radius 1 is 0.814 bits per heavy atom. The molecule has 1 fully saturated rings. The summed E-state index contributed by atoms with van der Waals surface area (Å²) in [6.45, 7) is 3.41. The van der Waals surface area contributed by atoms with Gasteiger partial charge in [0.15, 0.2) is 6.29 Å². The van der Waals surface area contributed by atoms with Gasteiger partial charge in [-0.05, 0) is 44.9 Å². The molecule has 9 heteroatoms. The van der Waals surface area contributed by atoms with Gasteiger partial charge in [-0.25, -0.2) is 0 Å². The Balaban J connectivity index is 2.55. The van der Waals surface area contributed by atoms with Crippen molar-refractivity contribution in [2.45, 2.75) is 121 Å². The Hall–Kier alpha value is -2.37. The minimum Gasteiger partial charge on any atom is -0.394 e. The molecular weight excluding hydrogens is 550 g/mol. The average Bonchev–Trinajstić information content (AvgIpc) is 3.00. The summed E-state index contributed by atoms with van der Waals surface area (Å²) in [7, 11) is 0. The second-order valence-corrected chi connectivity index (χ2v) is 10.5. The van der Waals surface area contributed by atoms with Crippen molar-refractivity contribution in [3.63, 3.8) is 0 Å². The normalized spacial score (nSPS) is 24.9. The van der Waals surface area contributed by atoms with E-state index in [0.29, 0.717) is 6.42 Å². The van der Waals surface area contributed by atoms with Gasteiger partial charge in [0.1, 0.15) is 24.4 Å². The van der Waals surface area contributed by atoms with E-state index in [0.717, 1.165) is 51.4 Å². The summed E-state index contributed by atoms with van der Waals surface area (Å²) in [5.41, 5.74) is 0. The first kappa shape index (κ1) is 38.7. The maximum Gasteiger partial charge on any atom is 0.224 e. The third-order valence-corrected chi connectivity index (χ3v) is 6.82. The van der Waals surface area contributed by atoms with Gasteiger partial charge in [0, 0.05) is 6.42 Å². The van der Waals surface area contributed by atoms with E-state index >= 15 is 0 Å². The molecule has 1 amide bonds. The summed E-state index contributed by atoms with van der Waals surface area (Å²) in [5, 5.41) is 53.2. The molecule has 1 rings (SSSR count). The summed E-state index contributed by atoms with van der Waals surface area (Å²) in [6, 6.07) is -0.856. The van der Waals surface area contributed by atoms with Gasteiger partial charge in [-0.3, -0.25) is 4.79 Å². The van der Waals surface area contributed by atoms with E-state index < -0.39 is 49.5 Å². The highest BCUT2D eigenvalue weighted by atomic mass is 16.7. The van der Waals surface area contributed by atoms with E-state index in [2.05, 4.69) is 61.7 Å². The Morgan fingerprint density at radius 2 is 1.40 bits per heavy atom. The van der Waals surface area contributed by atoms with E-state index in [-0.39, 0.29) is 18.9 Å². The number of carbonyl (C=O) groups excluding carboxylic acids is 1. The predicted octanol–water partition coefficient (Wildman–Crippen LogP) is 3.93. The van der Waals surface area contributed by atoms with Crippen LogP contribution in [0.1, 0.15) is 78.1 Å². The highest BCUT2D eigenvalue weighted by Gasteiger charge is 2.44. The van der Waals surface area contributed by atoms with Gasteiger partial charge in [0.05, 0.1) is 25.4 Å². The molecule has 9 nitrogen and oxygen atoms in total. The van der Waals surface area contributed by atoms with Crippen LogP contribution >= 0.6 is 0 Å². The third-order valence-electron chi connectivity index (χ3n) is 6.82. The number of ether oxygens (including phenoxy) is 2. The average molecular weight is 606 g/mol. The largest absolute Gasteiger partial charge is 0.394 e. The maximum atomic E-state index is 12.6. The van der Waals surface area contributed by atoms with E-state index in [9.17, 15) is 30.3 Å². The van der Waals surface area contributed by atoms with Crippen LogP contribution in [0.3, 0.4) is 0 Å². The zero-order chi connectivity index (χ0) is 31.7. The van der Waals surface area contributed by atoms with E-state index in [1.807, 2.05) is 18.2 Å². The first-order valence-corrected chi connectivity index (χ1v) is 15.7. The molecule has 0 bridgehead atoms. The van der Waals surface area contributed by atoms with Crippen molar-refractivity contribution in [3.05, 3.63) is 72.9 Å². The number of allylic oxidation sites excluding steroid dienone is 10. The lowest BCUT2D eigenvalue weighted by Crippen LogP contribution is -2.60. The monoisotopic (exact) mass is 605 g/mol. The van der Waals surface area contributed by atoms with E-state index in [1.165, 1.54) is 0 Å². The summed E-state index contributed by atoms with van der Waals surface area (Å²) in [4.78, 5) is 12.6. The fraction of sp³-hybridized carbons (Fsp3) is 0.618. The number of amides is 1. The van der Waals surface area contributed by atoms with Crippen molar-refractivity contribution in [1.82, 2.24) is 5.32 Å². The second kappa shape index (κ2) is 25.0. The van der Waals surface area contributed by atoms with Crippen molar-refractivity contribution >= 4 is 5.91 Å². The number of carbonyl (C=O) groups is 1. The van der Waals surface area contributed by atoms with Crippen molar-refractivity contribution in [3.8, 4) is 0 Å². The summed E-state index contributed by atoms with van der Waals surface area (Å²) >= 11 is 0. The van der Waals surface area contributed by atoms with Crippen LogP contribution < -0.4 is 5.32 Å². The number of nitrogens with one attached hydrogen (secondary N) is 1. The van der Waals surface area contributed by atoms with Gasteiger partial charge in [-0.2, -0.15) is 0 Å². The van der Waals surface area contributed by atoms with Crippen LogP contribution in [-0.2, 0) is 14.3 Å². The zero-order valence-electron chi connectivity index (χ0n) is 25.9. The smallest absolute Gasteiger partial charge is 0.224 e. The molecule has 0 aliphatic carbocycles. The van der Waals surface area contributed by atoms with Gasteiger partial charge < -0.3 is 40.3 Å². The number of aliphatic hydroxyl groups is 5. The number of rotatable bonds is 22. The quantitative estimate of drug-likeness (QED) is 0.0804. The minimum absolute atomic E-state index is 0.108. The Morgan fingerprint density at radius 3 is 1.95 bits per heavy atom. The maximum absolute atomic E-state index is 12.6. The molecule has 1 aliphatic rings. The van der Waals surface area contributed by atoms with Crippen LogP contribution in [0.2, 0.25) is 0 Å². The molecule has 0 saturated carbocycles. The molecule has 1 heterocycles. The molecule has 43 heavy (non-hydrogen) atoms. The molecule has 0 aromatic carbocycles. The van der Waals surface area contributed by atoms with Crippen LogP contribution in [0.15, 0.2) is 72.9 Å². The lowest BCUT2D eigenvalue weighted by atomic mass is 9.99. The van der Waals surface area contributed by atoms with Gasteiger partial charge in [0.25, 0.3) is 0 Å². The predicted molar refractivity (Wildman–Crippen MR) is 170 cm³/mol. The summed E-state index contributed by atoms with van der Waals surface area (Å²) in [5.74, 6) is -0.317. The standard InChI is InChI=1S/C34H55NO8/c1-3-5-7-9-10-11-12-13-14-15-16-17-18-20-22-24-30(38)35-27(28(37)23-21-19-8-6-4-2)26-42-34-33(41)32(40)31(39)29(25-36)43-34/h5,7,10-11,13-14,16-17,20-23,27-29,31-34,36-37,39-41H,3-4,6,8-9,12,15,18-19,24-26H2,1-2H3,(H,35,38)/b7-5-,11-10-,14-13-,17-16-,22-20-,23-21+. The highest BCUT2D eigenvalue weighted by Crippen LogP contribution is 2.22. The highest BCUT2D eigenvalue weighted by molar-refractivity contribution is 5.77. The minimum atomic E-state index is -1.58. The molecule has 1 saturated heterocycles. The van der Waals surface area contributed by atoms with Crippen molar-refractivity contribution in [2.24, 2.45) is 0 Å². The SMILES string of the molecule is CC/C=C\C/C=C\C/C=C\C/C=C\C/C=C\CC(=O)NC(COC1OC(CO)C(O)C(O)C1O)C(O)/C=C/CCCCC. The zero-order valence-corrected chi connectivity index (χ0v) is 25.9.